The molecule has 1 aliphatic carbocycles. The lowest BCUT2D eigenvalue weighted by Gasteiger charge is -2.30. The van der Waals surface area contributed by atoms with Crippen molar-refractivity contribution in [3.63, 3.8) is 0 Å². The van der Waals surface area contributed by atoms with Crippen LogP contribution in [0.2, 0.25) is 0 Å². The molecule has 1 saturated heterocycles. The summed E-state index contributed by atoms with van der Waals surface area (Å²) in [6.45, 7) is 2.14. The zero-order chi connectivity index (χ0) is 8.06. The zero-order valence-corrected chi connectivity index (χ0v) is 7.76. The normalized spacial score (nSPS) is 56.4. The molecule has 64 valence electrons. The van der Waals surface area contributed by atoms with Crippen LogP contribution in [0.5, 0.6) is 0 Å². The molecular formula is C8H15O2P. The Balaban J connectivity index is 2.28. The van der Waals surface area contributed by atoms with Gasteiger partial charge in [0, 0.05) is 11.8 Å². The highest BCUT2D eigenvalue weighted by Crippen LogP contribution is 2.62. The third-order valence-electron chi connectivity index (χ3n) is 3.52. The largest absolute Gasteiger partial charge is 0.344 e. The van der Waals surface area contributed by atoms with E-state index in [0.717, 1.165) is 18.8 Å². The Morgan fingerprint density at radius 1 is 1.36 bits per heavy atom. The number of rotatable bonds is 0. The van der Waals surface area contributed by atoms with E-state index in [9.17, 15) is 9.46 Å². The van der Waals surface area contributed by atoms with Crippen LogP contribution in [0, 0.1) is 11.8 Å². The first-order chi connectivity index (χ1) is 5.11. The summed E-state index contributed by atoms with van der Waals surface area (Å²) < 4.78 is 11.6. The van der Waals surface area contributed by atoms with E-state index in [4.69, 9.17) is 0 Å². The summed E-state index contributed by atoms with van der Waals surface area (Å²) in [6.07, 6.45) is 3.77. The van der Waals surface area contributed by atoms with Crippen LogP contribution in [0.25, 0.3) is 0 Å². The van der Waals surface area contributed by atoms with Gasteiger partial charge in [-0.25, -0.2) is 0 Å². The van der Waals surface area contributed by atoms with Crippen LogP contribution < -0.4 is 0 Å². The maximum absolute atomic E-state index is 11.6. The molecule has 0 aromatic carbocycles. The van der Waals surface area contributed by atoms with Crippen molar-refractivity contribution < 1.29 is 9.46 Å². The lowest BCUT2D eigenvalue weighted by Crippen LogP contribution is -2.23. The fraction of sp³-hybridized carbons (Fsp3) is 1.00. The van der Waals surface area contributed by atoms with Gasteiger partial charge in [0.2, 0.25) is 7.37 Å². The minimum Gasteiger partial charge on any atom is -0.344 e. The van der Waals surface area contributed by atoms with E-state index in [1.165, 1.54) is 6.42 Å². The van der Waals surface area contributed by atoms with Gasteiger partial charge in [-0.15, -0.1) is 0 Å². The third kappa shape index (κ3) is 1.08. The molecule has 2 aliphatic rings. The van der Waals surface area contributed by atoms with E-state index in [1.54, 1.807) is 0 Å². The van der Waals surface area contributed by atoms with Crippen molar-refractivity contribution in [3.8, 4) is 0 Å². The Labute approximate surface area is 67.5 Å². The summed E-state index contributed by atoms with van der Waals surface area (Å²) in [7, 11) is -2.71. The van der Waals surface area contributed by atoms with E-state index >= 15 is 0 Å². The molecule has 1 saturated carbocycles. The first-order valence-electron chi connectivity index (χ1n) is 4.43. The highest BCUT2D eigenvalue weighted by Gasteiger charge is 2.47. The maximum Gasteiger partial charge on any atom is 0.203 e. The molecule has 2 bridgehead atoms. The lowest BCUT2D eigenvalue weighted by atomic mass is 9.95. The van der Waals surface area contributed by atoms with Crippen molar-refractivity contribution in [2.45, 2.75) is 31.8 Å². The van der Waals surface area contributed by atoms with Crippen molar-refractivity contribution in [1.29, 1.82) is 0 Å². The van der Waals surface area contributed by atoms with Gasteiger partial charge in [0.05, 0.1) is 0 Å². The predicted molar refractivity (Wildman–Crippen MR) is 45.0 cm³/mol. The topological polar surface area (TPSA) is 37.3 Å². The van der Waals surface area contributed by atoms with Crippen LogP contribution in [0.1, 0.15) is 26.2 Å². The van der Waals surface area contributed by atoms with Gasteiger partial charge in [-0.3, -0.25) is 4.57 Å². The second kappa shape index (κ2) is 2.34. The highest BCUT2D eigenvalue weighted by atomic mass is 31.2. The first-order valence-corrected chi connectivity index (χ1v) is 6.34. The second-order valence-electron chi connectivity index (χ2n) is 4.03. The molecule has 0 aromatic rings. The van der Waals surface area contributed by atoms with E-state index in [2.05, 4.69) is 6.92 Å². The molecule has 0 spiro atoms. The Kier molecular flexibility index (Phi) is 1.66. The summed E-state index contributed by atoms with van der Waals surface area (Å²) in [5.74, 6) is 1.27. The van der Waals surface area contributed by atoms with Crippen LogP contribution in [0.4, 0.5) is 0 Å². The monoisotopic (exact) mass is 174 g/mol. The summed E-state index contributed by atoms with van der Waals surface area (Å²) >= 11 is 0. The Hall–Kier alpha value is 0.190. The molecule has 1 heterocycles. The van der Waals surface area contributed by atoms with Gasteiger partial charge in [0.25, 0.3) is 0 Å². The molecular weight excluding hydrogens is 159 g/mol. The summed E-state index contributed by atoms with van der Waals surface area (Å²) in [5, 5.41) is 0. The predicted octanol–water partition coefficient (Wildman–Crippen LogP) is 2.08. The van der Waals surface area contributed by atoms with Gasteiger partial charge in [-0.1, -0.05) is 6.92 Å². The van der Waals surface area contributed by atoms with Gasteiger partial charge in [-0.05, 0) is 31.1 Å². The summed E-state index contributed by atoms with van der Waals surface area (Å²) in [6, 6.07) is 0. The smallest absolute Gasteiger partial charge is 0.203 e. The van der Waals surface area contributed by atoms with Gasteiger partial charge < -0.3 is 4.89 Å². The average molecular weight is 174 g/mol. The summed E-state index contributed by atoms with van der Waals surface area (Å²) in [4.78, 5) is 9.59. The van der Waals surface area contributed by atoms with Crippen LogP contribution >= 0.6 is 7.37 Å². The Morgan fingerprint density at radius 3 is 2.73 bits per heavy atom. The van der Waals surface area contributed by atoms with E-state index < -0.39 is 7.37 Å². The quantitative estimate of drug-likeness (QED) is 0.571. The Morgan fingerprint density at radius 2 is 2.09 bits per heavy atom. The summed E-state index contributed by atoms with van der Waals surface area (Å²) in [5.41, 5.74) is 0.154. The SMILES string of the molecule is C[C@H]1C2CC[C@H]1P(=O)(O)CC2. The number of hydrogen-bond acceptors (Lipinski definition) is 1. The van der Waals surface area contributed by atoms with E-state index in [-0.39, 0.29) is 5.66 Å². The molecule has 4 atom stereocenters. The third-order valence-corrected chi connectivity index (χ3v) is 6.19. The van der Waals surface area contributed by atoms with Crippen LogP contribution in [0.15, 0.2) is 0 Å². The van der Waals surface area contributed by atoms with E-state index in [0.29, 0.717) is 12.1 Å². The Bertz CT molecular complexity index is 214. The number of fused-ring (bicyclic) bond motifs is 2. The lowest BCUT2D eigenvalue weighted by molar-refractivity contribution is 0.356. The molecule has 2 fully saturated rings. The fourth-order valence-corrected chi connectivity index (χ4v) is 5.28. The molecule has 2 nitrogen and oxygen atoms in total. The molecule has 0 aromatic heterocycles. The van der Waals surface area contributed by atoms with Gasteiger partial charge >= 0.3 is 0 Å². The van der Waals surface area contributed by atoms with E-state index in [1.807, 2.05) is 0 Å². The van der Waals surface area contributed by atoms with Gasteiger partial charge in [0.15, 0.2) is 0 Å². The minimum absolute atomic E-state index is 0.154. The molecule has 1 N–H and O–H groups in total. The average Bonchev–Trinajstić information content (AvgIpc) is 2.18. The zero-order valence-electron chi connectivity index (χ0n) is 6.86. The van der Waals surface area contributed by atoms with Gasteiger partial charge in [0.1, 0.15) is 0 Å². The first kappa shape index (κ1) is 7.82. The van der Waals surface area contributed by atoms with Crippen LogP contribution in [-0.2, 0) is 4.57 Å². The molecule has 0 amide bonds. The van der Waals surface area contributed by atoms with Crippen molar-refractivity contribution in [3.05, 3.63) is 0 Å². The minimum atomic E-state index is -2.71. The standard InChI is InChI=1S/C8H15O2P/c1-6-7-2-3-8(6)11(9,10)5-4-7/h6-8H,2-5H2,1H3,(H,9,10)/t6-,7?,8+/m0/s1. The van der Waals surface area contributed by atoms with Crippen molar-refractivity contribution in [2.24, 2.45) is 11.8 Å². The van der Waals surface area contributed by atoms with Crippen LogP contribution in [0.3, 0.4) is 0 Å². The van der Waals surface area contributed by atoms with Crippen LogP contribution in [-0.4, -0.2) is 16.7 Å². The van der Waals surface area contributed by atoms with Crippen molar-refractivity contribution in [1.82, 2.24) is 0 Å². The van der Waals surface area contributed by atoms with Crippen molar-refractivity contribution >= 4 is 7.37 Å². The number of hydrogen-bond donors (Lipinski definition) is 1. The fourth-order valence-electron chi connectivity index (χ4n) is 2.72. The highest BCUT2D eigenvalue weighted by molar-refractivity contribution is 7.58. The maximum atomic E-state index is 11.6. The van der Waals surface area contributed by atoms with Gasteiger partial charge in [-0.2, -0.15) is 0 Å². The molecule has 2 rings (SSSR count). The molecule has 0 radical (unpaired) electrons. The van der Waals surface area contributed by atoms with Crippen molar-refractivity contribution in [2.75, 3.05) is 6.16 Å². The second-order valence-corrected chi connectivity index (χ2v) is 6.65. The molecule has 3 heteroatoms. The molecule has 1 aliphatic heterocycles. The molecule has 2 unspecified atom stereocenters. The molecule has 11 heavy (non-hydrogen) atoms.